The van der Waals surface area contributed by atoms with E-state index < -0.39 is 0 Å². The van der Waals surface area contributed by atoms with Gasteiger partial charge in [0.05, 0.1) is 18.5 Å². The van der Waals surface area contributed by atoms with Crippen LogP contribution < -0.4 is 20.7 Å². The van der Waals surface area contributed by atoms with E-state index in [-0.39, 0.29) is 0 Å². The number of nitrogens with one attached hydrogen (secondary N) is 1. The van der Waals surface area contributed by atoms with E-state index in [0.29, 0.717) is 11.4 Å². The van der Waals surface area contributed by atoms with Gasteiger partial charge in [0.2, 0.25) is 0 Å². The third-order valence-electron chi connectivity index (χ3n) is 3.56. The van der Waals surface area contributed by atoms with E-state index in [0.717, 1.165) is 24.5 Å². The summed E-state index contributed by atoms with van der Waals surface area (Å²) in [6.07, 6.45) is 0. The summed E-state index contributed by atoms with van der Waals surface area (Å²) >= 11 is 0. The van der Waals surface area contributed by atoms with Gasteiger partial charge < -0.3 is 20.7 Å². The molecule has 0 radical (unpaired) electrons. The van der Waals surface area contributed by atoms with Gasteiger partial charge in [0.15, 0.2) is 0 Å². The van der Waals surface area contributed by atoms with Crippen LogP contribution in [-0.4, -0.2) is 20.2 Å². The number of hydrogen-bond donors (Lipinski definition) is 2. The molecule has 0 atom stereocenters. The topological polar surface area (TPSA) is 50.5 Å². The first-order valence-corrected chi connectivity index (χ1v) is 7.24. The lowest BCUT2D eigenvalue weighted by Crippen LogP contribution is -2.21. The Hall–Kier alpha value is -2.36. The molecule has 0 aliphatic rings. The number of nitrogen functional groups attached to an aromatic ring is 1. The monoisotopic (exact) mass is 285 g/mol. The molecule has 0 amide bonds. The van der Waals surface area contributed by atoms with Crippen LogP contribution in [0.15, 0.2) is 42.5 Å². The number of para-hydroxylation sites is 1. The van der Waals surface area contributed by atoms with Crippen LogP contribution in [0.25, 0.3) is 0 Å². The molecule has 112 valence electrons. The minimum Gasteiger partial charge on any atom is -0.495 e. The Kier molecular flexibility index (Phi) is 4.93. The van der Waals surface area contributed by atoms with Gasteiger partial charge in [-0.25, -0.2) is 0 Å². The van der Waals surface area contributed by atoms with Crippen molar-refractivity contribution in [3.8, 4) is 5.75 Å². The Morgan fingerprint density at radius 1 is 1.05 bits per heavy atom. The minimum atomic E-state index is 0.618. The summed E-state index contributed by atoms with van der Waals surface area (Å²) in [5.74, 6) is 0.680. The molecule has 0 unspecified atom stereocenters. The average Bonchev–Trinajstić information content (AvgIpc) is 2.52. The number of benzene rings is 2. The zero-order valence-corrected chi connectivity index (χ0v) is 12.9. The molecule has 0 aromatic heterocycles. The Balaban J connectivity index is 2.17. The van der Waals surface area contributed by atoms with Crippen molar-refractivity contribution in [2.24, 2.45) is 0 Å². The number of anilines is 4. The zero-order chi connectivity index (χ0) is 15.2. The normalized spacial score (nSPS) is 10.2. The van der Waals surface area contributed by atoms with Crippen LogP contribution in [0.2, 0.25) is 0 Å². The number of methoxy groups -OCH3 is 1. The summed E-state index contributed by atoms with van der Waals surface area (Å²) in [4.78, 5) is 2.31. The van der Waals surface area contributed by atoms with Crippen molar-refractivity contribution in [1.29, 1.82) is 0 Å². The highest BCUT2D eigenvalue weighted by Gasteiger charge is 2.06. The van der Waals surface area contributed by atoms with E-state index in [1.807, 2.05) is 18.2 Å². The molecule has 2 aromatic carbocycles. The first kappa shape index (κ1) is 15.0. The standard InChI is InChI=1S/C17H23N3O/c1-4-20(5-2)14-11-9-13(10-12-14)19-15-7-6-8-16(21-3)17(15)18/h6-12,19H,4-5,18H2,1-3H3. The Morgan fingerprint density at radius 3 is 2.29 bits per heavy atom. The number of nitrogens with zero attached hydrogens (tertiary/aromatic N) is 1. The molecule has 0 bridgehead atoms. The van der Waals surface area contributed by atoms with Gasteiger partial charge in [-0.2, -0.15) is 0 Å². The maximum Gasteiger partial charge on any atom is 0.143 e. The van der Waals surface area contributed by atoms with Gasteiger partial charge in [0.25, 0.3) is 0 Å². The van der Waals surface area contributed by atoms with Gasteiger partial charge in [0, 0.05) is 24.5 Å². The molecule has 21 heavy (non-hydrogen) atoms. The maximum atomic E-state index is 6.07. The molecule has 4 heteroatoms. The summed E-state index contributed by atoms with van der Waals surface area (Å²) in [6, 6.07) is 14.1. The third kappa shape index (κ3) is 3.40. The molecule has 0 heterocycles. The van der Waals surface area contributed by atoms with Gasteiger partial charge in [-0.05, 0) is 50.2 Å². The molecule has 2 aromatic rings. The summed E-state index contributed by atoms with van der Waals surface area (Å²) < 4.78 is 5.23. The molecule has 3 N–H and O–H groups in total. The highest BCUT2D eigenvalue weighted by Crippen LogP contribution is 2.31. The minimum absolute atomic E-state index is 0.618. The Labute approximate surface area is 126 Å². The first-order chi connectivity index (χ1) is 10.2. The summed E-state index contributed by atoms with van der Waals surface area (Å²) in [5, 5.41) is 3.33. The SMILES string of the molecule is CCN(CC)c1ccc(Nc2cccc(OC)c2N)cc1. The lowest BCUT2D eigenvalue weighted by Gasteiger charge is -2.21. The van der Waals surface area contributed by atoms with Gasteiger partial charge in [-0.1, -0.05) is 6.07 Å². The summed E-state index contributed by atoms with van der Waals surface area (Å²) in [6.45, 7) is 6.33. The molecular weight excluding hydrogens is 262 g/mol. The smallest absolute Gasteiger partial charge is 0.143 e. The predicted octanol–water partition coefficient (Wildman–Crippen LogP) is 3.87. The molecule has 0 fully saturated rings. The predicted molar refractivity (Wildman–Crippen MR) is 90.7 cm³/mol. The number of hydrogen-bond acceptors (Lipinski definition) is 4. The second kappa shape index (κ2) is 6.88. The molecular formula is C17H23N3O. The van der Waals surface area contributed by atoms with Gasteiger partial charge in [0.1, 0.15) is 5.75 Å². The molecule has 0 spiro atoms. The molecule has 0 saturated heterocycles. The quantitative estimate of drug-likeness (QED) is 0.791. The highest BCUT2D eigenvalue weighted by atomic mass is 16.5. The second-order valence-corrected chi connectivity index (χ2v) is 4.77. The van der Waals surface area contributed by atoms with Gasteiger partial charge in [-0.3, -0.25) is 0 Å². The van der Waals surface area contributed by atoms with Gasteiger partial charge in [-0.15, -0.1) is 0 Å². The molecule has 0 saturated carbocycles. The summed E-state index contributed by atoms with van der Waals surface area (Å²) in [5.41, 5.74) is 9.77. The van der Waals surface area contributed by atoms with E-state index in [4.69, 9.17) is 10.5 Å². The van der Waals surface area contributed by atoms with Crippen molar-refractivity contribution < 1.29 is 4.74 Å². The van der Waals surface area contributed by atoms with E-state index >= 15 is 0 Å². The highest BCUT2D eigenvalue weighted by molar-refractivity contribution is 5.77. The van der Waals surface area contributed by atoms with E-state index in [2.05, 4.69) is 48.3 Å². The van der Waals surface area contributed by atoms with Gasteiger partial charge >= 0.3 is 0 Å². The fourth-order valence-corrected chi connectivity index (χ4v) is 2.33. The molecule has 0 aliphatic heterocycles. The molecule has 2 rings (SSSR count). The lowest BCUT2D eigenvalue weighted by atomic mass is 10.2. The number of rotatable bonds is 6. The summed E-state index contributed by atoms with van der Waals surface area (Å²) in [7, 11) is 1.62. The zero-order valence-electron chi connectivity index (χ0n) is 12.9. The Bertz CT molecular complexity index is 577. The van der Waals surface area contributed by atoms with Crippen LogP contribution in [-0.2, 0) is 0 Å². The Morgan fingerprint density at radius 2 is 1.71 bits per heavy atom. The van der Waals surface area contributed by atoms with Crippen LogP contribution >= 0.6 is 0 Å². The number of nitrogens with two attached hydrogens (primary N) is 1. The third-order valence-corrected chi connectivity index (χ3v) is 3.56. The molecule has 0 aliphatic carbocycles. The number of ether oxygens (including phenoxy) is 1. The lowest BCUT2D eigenvalue weighted by molar-refractivity contribution is 0.417. The second-order valence-electron chi connectivity index (χ2n) is 4.77. The van der Waals surface area contributed by atoms with Crippen molar-refractivity contribution in [2.45, 2.75) is 13.8 Å². The van der Waals surface area contributed by atoms with Crippen LogP contribution in [0.5, 0.6) is 5.75 Å². The van der Waals surface area contributed by atoms with Crippen LogP contribution in [0.3, 0.4) is 0 Å². The van der Waals surface area contributed by atoms with Crippen LogP contribution in [0, 0.1) is 0 Å². The van der Waals surface area contributed by atoms with Crippen LogP contribution in [0.1, 0.15) is 13.8 Å². The first-order valence-electron chi connectivity index (χ1n) is 7.24. The maximum absolute atomic E-state index is 6.07. The van der Waals surface area contributed by atoms with Crippen molar-refractivity contribution >= 4 is 22.7 Å². The van der Waals surface area contributed by atoms with Crippen molar-refractivity contribution in [3.63, 3.8) is 0 Å². The largest absolute Gasteiger partial charge is 0.495 e. The van der Waals surface area contributed by atoms with E-state index in [9.17, 15) is 0 Å². The van der Waals surface area contributed by atoms with E-state index in [1.165, 1.54) is 5.69 Å². The average molecular weight is 285 g/mol. The molecule has 4 nitrogen and oxygen atoms in total. The van der Waals surface area contributed by atoms with Crippen molar-refractivity contribution in [3.05, 3.63) is 42.5 Å². The van der Waals surface area contributed by atoms with Crippen molar-refractivity contribution in [1.82, 2.24) is 0 Å². The van der Waals surface area contributed by atoms with E-state index in [1.54, 1.807) is 7.11 Å². The fraction of sp³-hybridized carbons (Fsp3) is 0.294. The van der Waals surface area contributed by atoms with Crippen molar-refractivity contribution in [2.75, 3.05) is 36.1 Å². The van der Waals surface area contributed by atoms with Crippen LogP contribution in [0.4, 0.5) is 22.7 Å². The fourth-order valence-electron chi connectivity index (χ4n) is 2.33.